The molecule has 26 heavy (non-hydrogen) atoms. The molecule has 1 amide bonds. The largest absolute Gasteiger partial charge is 0.497 e. The van der Waals surface area contributed by atoms with Crippen LogP contribution in [-0.2, 0) is 14.3 Å². The molecule has 0 aliphatic carbocycles. The van der Waals surface area contributed by atoms with Gasteiger partial charge in [0.05, 0.1) is 12.8 Å². The second-order valence-corrected chi connectivity index (χ2v) is 6.43. The molecule has 2 aromatic rings. The summed E-state index contributed by atoms with van der Waals surface area (Å²) in [5.74, 6) is 0.133. The van der Waals surface area contributed by atoms with Crippen LogP contribution in [0.15, 0.2) is 46.9 Å². The molecule has 0 spiro atoms. The van der Waals surface area contributed by atoms with E-state index in [0.717, 1.165) is 10.0 Å². The van der Waals surface area contributed by atoms with E-state index >= 15 is 0 Å². The minimum Gasteiger partial charge on any atom is -0.497 e. The van der Waals surface area contributed by atoms with Crippen LogP contribution in [-0.4, -0.2) is 31.7 Å². The van der Waals surface area contributed by atoms with Gasteiger partial charge in [-0.1, -0.05) is 6.07 Å². The second-order valence-electron chi connectivity index (χ2n) is 5.57. The molecule has 0 aromatic heterocycles. The molecule has 2 rings (SSSR count). The van der Waals surface area contributed by atoms with Gasteiger partial charge in [0.15, 0.2) is 12.7 Å². The van der Waals surface area contributed by atoms with Crippen LogP contribution in [0.25, 0.3) is 0 Å². The van der Waals surface area contributed by atoms with Crippen LogP contribution >= 0.6 is 15.9 Å². The van der Waals surface area contributed by atoms with Gasteiger partial charge in [-0.2, -0.15) is 0 Å². The van der Waals surface area contributed by atoms with E-state index in [4.69, 9.17) is 14.2 Å². The molecule has 1 N–H and O–H groups in total. The van der Waals surface area contributed by atoms with Crippen molar-refractivity contribution in [2.24, 2.45) is 0 Å². The molecular formula is C19H20BrNO5. The molecule has 0 saturated heterocycles. The number of hydrogen-bond acceptors (Lipinski definition) is 5. The van der Waals surface area contributed by atoms with Gasteiger partial charge in [-0.15, -0.1) is 0 Å². The molecular weight excluding hydrogens is 402 g/mol. The highest BCUT2D eigenvalue weighted by Crippen LogP contribution is 2.23. The maximum absolute atomic E-state index is 12.0. The van der Waals surface area contributed by atoms with Gasteiger partial charge < -0.3 is 19.5 Å². The number of carbonyl (C=O) groups is 2. The van der Waals surface area contributed by atoms with Gasteiger partial charge in [0, 0.05) is 4.47 Å². The lowest BCUT2D eigenvalue weighted by Gasteiger charge is -2.14. The van der Waals surface area contributed by atoms with Crippen molar-refractivity contribution in [2.45, 2.75) is 20.0 Å². The zero-order valence-electron chi connectivity index (χ0n) is 14.7. The van der Waals surface area contributed by atoms with E-state index in [2.05, 4.69) is 21.2 Å². The maximum Gasteiger partial charge on any atom is 0.347 e. The fraction of sp³-hybridized carbons (Fsp3) is 0.263. The Hall–Kier alpha value is -2.54. The van der Waals surface area contributed by atoms with Crippen molar-refractivity contribution >= 4 is 33.5 Å². The van der Waals surface area contributed by atoms with Gasteiger partial charge in [-0.25, -0.2) is 4.79 Å². The molecule has 0 aliphatic heterocycles. The van der Waals surface area contributed by atoms with E-state index in [1.807, 2.05) is 19.1 Å². The van der Waals surface area contributed by atoms with Gasteiger partial charge in [0.1, 0.15) is 11.5 Å². The molecule has 0 bridgehead atoms. The average Bonchev–Trinajstić information content (AvgIpc) is 2.62. The predicted octanol–water partition coefficient (Wildman–Crippen LogP) is 3.72. The summed E-state index contributed by atoms with van der Waals surface area (Å²) < 4.78 is 16.3. The Morgan fingerprint density at radius 1 is 1.12 bits per heavy atom. The first-order valence-electron chi connectivity index (χ1n) is 7.92. The van der Waals surface area contributed by atoms with E-state index in [1.165, 1.54) is 0 Å². The third-order valence-corrected chi connectivity index (χ3v) is 4.10. The number of anilines is 1. The van der Waals surface area contributed by atoms with Crippen molar-refractivity contribution in [1.29, 1.82) is 0 Å². The summed E-state index contributed by atoms with van der Waals surface area (Å²) in [6, 6.07) is 12.3. The lowest BCUT2D eigenvalue weighted by molar-refractivity contribution is -0.153. The van der Waals surface area contributed by atoms with Crippen LogP contribution in [0.4, 0.5) is 5.69 Å². The number of esters is 1. The van der Waals surface area contributed by atoms with Crippen molar-refractivity contribution in [3.63, 3.8) is 0 Å². The summed E-state index contributed by atoms with van der Waals surface area (Å²) in [5, 5.41) is 2.68. The Labute approximate surface area is 160 Å². The maximum atomic E-state index is 12.0. The Morgan fingerprint density at radius 2 is 1.77 bits per heavy atom. The number of rotatable bonds is 7. The quantitative estimate of drug-likeness (QED) is 0.689. The Bertz CT molecular complexity index is 776. The molecule has 1 atom stereocenters. The molecule has 0 heterocycles. The van der Waals surface area contributed by atoms with Gasteiger partial charge in [-0.05, 0) is 71.7 Å². The van der Waals surface area contributed by atoms with Crippen LogP contribution in [0.3, 0.4) is 0 Å². The number of carbonyl (C=O) groups excluding carboxylic acids is 2. The minimum atomic E-state index is -0.845. The molecule has 0 radical (unpaired) electrons. The Morgan fingerprint density at radius 3 is 2.38 bits per heavy atom. The van der Waals surface area contributed by atoms with E-state index in [0.29, 0.717) is 17.2 Å². The van der Waals surface area contributed by atoms with Crippen molar-refractivity contribution in [1.82, 2.24) is 0 Å². The molecule has 1 unspecified atom stereocenters. The highest BCUT2D eigenvalue weighted by Gasteiger charge is 2.18. The summed E-state index contributed by atoms with van der Waals surface area (Å²) >= 11 is 3.37. The van der Waals surface area contributed by atoms with Gasteiger partial charge in [0.2, 0.25) is 0 Å². The summed E-state index contributed by atoms with van der Waals surface area (Å²) in [6.07, 6.45) is -0.845. The fourth-order valence-corrected chi connectivity index (χ4v) is 2.66. The molecule has 0 saturated carbocycles. The van der Waals surface area contributed by atoms with Crippen LogP contribution in [0.1, 0.15) is 12.5 Å². The number of methoxy groups -OCH3 is 1. The van der Waals surface area contributed by atoms with Crippen molar-refractivity contribution < 1.29 is 23.8 Å². The molecule has 138 valence electrons. The highest BCUT2D eigenvalue weighted by atomic mass is 79.9. The fourth-order valence-electron chi connectivity index (χ4n) is 2.07. The number of hydrogen-bond donors (Lipinski definition) is 1. The van der Waals surface area contributed by atoms with E-state index in [9.17, 15) is 9.59 Å². The lowest BCUT2D eigenvalue weighted by atomic mass is 10.2. The number of amides is 1. The molecule has 0 aliphatic rings. The third-order valence-electron chi connectivity index (χ3n) is 3.45. The summed E-state index contributed by atoms with van der Waals surface area (Å²) in [4.78, 5) is 23.9. The molecule has 7 heteroatoms. The third kappa shape index (κ3) is 5.77. The van der Waals surface area contributed by atoms with Crippen LogP contribution in [0.2, 0.25) is 0 Å². The van der Waals surface area contributed by atoms with Crippen molar-refractivity contribution in [3.8, 4) is 11.5 Å². The van der Waals surface area contributed by atoms with Crippen molar-refractivity contribution in [2.75, 3.05) is 19.0 Å². The summed E-state index contributed by atoms with van der Waals surface area (Å²) in [6.45, 7) is 3.11. The molecule has 0 fully saturated rings. The number of halogens is 1. The summed E-state index contributed by atoms with van der Waals surface area (Å²) in [5.41, 5.74) is 1.67. The topological polar surface area (TPSA) is 73.9 Å². The first-order valence-corrected chi connectivity index (χ1v) is 8.71. The van der Waals surface area contributed by atoms with Gasteiger partial charge >= 0.3 is 5.97 Å². The van der Waals surface area contributed by atoms with Crippen molar-refractivity contribution in [3.05, 3.63) is 52.5 Å². The SMILES string of the molecule is COc1ccc(OC(C)C(=O)OCC(=O)Nc2ccc(C)cc2Br)cc1. The monoisotopic (exact) mass is 421 g/mol. The number of benzene rings is 2. The van der Waals surface area contributed by atoms with Gasteiger partial charge in [0.25, 0.3) is 5.91 Å². The zero-order valence-corrected chi connectivity index (χ0v) is 16.3. The van der Waals surface area contributed by atoms with Crippen LogP contribution in [0, 0.1) is 6.92 Å². The lowest BCUT2D eigenvalue weighted by Crippen LogP contribution is -2.29. The van der Waals surface area contributed by atoms with Crippen LogP contribution in [0.5, 0.6) is 11.5 Å². The standard InChI is InChI=1S/C19H20BrNO5/c1-12-4-9-17(16(20)10-12)21-18(22)11-25-19(23)13(2)26-15-7-5-14(24-3)6-8-15/h4-10,13H,11H2,1-3H3,(H,21,22). The minimum absolute atomic E-state index is 0.393. The first kappa shape index (κ1) is 19.8. The number of ether oxygens (including phenoxy) is 3. The van der Waals surface area contributed by atoms with E-state index in [1.54, 1.807) is 44.4 Å². The van der Waals surface area contributed by atoms with E-state index in [-0.39, 0.29) is 0 Å². The summed E-state index contributed by atoms with van der Waals surface area (Å²) in [7, 11) is 1.57. The molecule has 6 nitrogen and oxygen atoms in total. The smallest absolute Gasteiger partial charge is 0.347 e. The first-order chi connectivity index (χ1) is 12.4. The predicted molar refractivity (Wildman–Crippen MR) is 102 cm³/mol. The normalized spacial score (nSPS) is 11.4. The number of aryl methyl sites for hydroxylation is 1. The highest BCUT2D eigenvalue weighted by molar-refractivity contribution is 9.10. The average molecular weight is 422 g/mol. The van der Waals surface area contributed by atoms with Crippen LogP contribution < -0.4 is 14.8 Å². The van der Waals surface area contributed by atoms with E-state index < -0.39 is 24.6 Å². The second kappa shape index (κ2) is 9.24. The zero-order chi connectivity index (χ0) is 19.1. The number of nitrogens with one attached hydrogen (secondary N) is 1. The molecule has 2 aromatic carbocycles. The Balaban J connectivity index is 1.81. The van der Waals surface area contributed by atoms with Gasteiger partial charge in [-0.3, -0.25) is 4.79 Å². The Kier molecular flexibility index (Phi) is 7.03.